The third-order valence-corrected chi connectivity index (χ3v) is 5.21. The Morgan fingerprint density at radius 1 is 1.52 bits per heavy atom. The van der Waals surface area contributed by atoms with Crippen molar-refractivity contribution in [1.82, 2.24) is 4.90 Å². The standard InChI is InChI=1S/C16H21N3OS/c1-3-15-11-19(8-9-21-15)12(2)16(20)18-14-6-4-13(10-17)5-7-14/h4-7,12,15H,3,8-9,11H2,1-2H3,(H,18,20). The van der Waals surface area contributed by atoms with Gasteiger partial charge in [0.05, 0.1) is 17.7 Å². The number of thioether (sulfide) groups is 1. The Morgan fingerprint density at radius 2 is 2.24 bits per heavy atom. The van der Waals surface area contributed by atoms with E-state index in [2.05, 4.69) is 23.2 Å². The molecular formula is C16H21N3OS. The summed E-state index contributed by atoms with van der Waals surface area (Å²) in [4.78, 5) is 14.6. The highest BCUT2D eigenvalue weighted by atomic mass is 32.2. The number of nitrogens with one attached hydrogen (secondary N) is 1. The number of carbonyl (C=O) groups is 1. The Bertz CT molecular complexity index is 523. The van der Waals surface area contributed by atoms with Crippen molar-refractivity contribution in [2.24, 2.45) is 0 Å². The number of carbonyl (C=O) groups excluding carboxylic acids is 1. The van der Waals surface area contributed by atoms with Crippen molar-refractivity contribution >= 4 is 23.4 Å². The third kappa shape index (κ3) is 4.23. The molecule has 1 aliphatic rings. The van der Waals surface area contributed by atoms with E-state index in [0.29, 0.717) is 10.8 Å². The van der Waals surface area contributed by atoms with Crippen molar-refractivity contribution in [3.05, 3.63) is 29.8 Å². The van der Waals surface area contributed by atoms with Gasteiger partial charge in [-0.25, -0.2) is 0 Å². The van der Waals surface area contributed by atoms with E-state index < -0.39 is 0 Å². The quantitative estimate of drug-likeness (QED) is 0.929. The smallest absolute Gasteiger partial charge is 0.241 e. The van der Waals surface area contributed by atoms with Crippen LogP contribution in [0.4, 0.5) is 5.69 Å². The zero-order valence-electron chi connectivity index (χ0n) is 12.5. The molecule has 1 fully saturated rings. The van der Waals surface area contributed by atoms with Gasteiger partial charge < -0.3 is 5.32 Å². The van der Waals surface area contributed by atoms with Gasteiger partial charge in [0.25, 0.3) is 0 Å². The summed E-state index contributed by atoms with van der Waals surface area (Å²) in [6.45, 7) is 6.09. The SMILES string of the molecule is CCC1CN(C(C)C(=O)Nc2ccc(C#N)cc2)CCS1. The highest BCUT2D eigenvalue weighted by Gasteiger charge is 2.26. The highest BCUT2D eigenvalue weighted by molar-refractivity contribution is 8.00. The molecule has 1 amide bonds. The number of rotatable bonds is 4. The van der Waals surface area contributed by atoms with E-state index in [1.165, 1.54) is 0 Å². The second kappa shape index (κ2) is 7.48. The van der Waals surface area contributed by atoms with E-state index in [9.17, 15) is 4.79 Å². The molecule has 0 bridgehead atoms. The van der Waals surface area contributed by atoms with Crippen LogP contribution in [0.25, 0.3) is 0 Å². The van der Waals surface area contributed by atoms with E-state index in [-0.39, 0.29) is 11.9 Å². The van der Waals surface area contributed by atoms with Crippen molar-refractivity contribution in [1.29, 1.82) is 5.26 Å². The van der Waals surface area contributed by atoms with E-state index in [0.717, 1.165) is 31.0 Å². The molecule has 2 atom stereocenters. The van der Waals surface area contributed by atoms with E-state index in [4.69, 9.17) is 5.26 Å². The van der Waals surface area contributed by atoms with E-state index in [1.807, 2.05) is 18.7 Å². The average molecular weight is 303 g/mol. The van der Waals surface area contributed by atoms with Crippen LogP contribution in [0.3, 0.4) is 0 Å². The van der Waals surface area contributed by atoms with Gasteiger partial charge in [-0.3, -0.25) is 9.69 Å². The second-order valence-corrected chi connectivity index (χ2v) is 6.66. The van der Waals surface area contributed by atoms with Crippen LogP contribution >= 0.6 is 11.8 Å². The molecule has 0 saturated carbocycles. The average Bonchev–Trinajstić information content (AvgIpc) is 2.54. The molecule has 4 nitrogen and oxygen atoms in total. The first-order valence-corrected chi connectivity index (χ1v) is 8.35. The molecule has 1 aromatic carbocycles. The lowest BCUT2D eigenvalue weighted by Gasteiger charge is -2.35. The molecule has 21 heavy (non-hydrogen) atoms. The molecule has 2 rings (SSSR count). The fourth-order valence-electron chi connectivity index (χ4n) is 2.38. The van der Waals surface area contributed by atoms with Crippen LogP contribution in [-0.4, -0.2) is 40.9 Å². The minimum Gasteiger partial charge on any atom is -0.325 e. The largest absolute Gasteiger partial charge is 0.325 e. The number of benzene rings is 1. The number of anilines is 1. The number of amides is 1. The van der Waals surface area contributed by atoms with Crippen LogP contribution in [0.2, 0.25) is 0 Å². The minimum atomic E-state index is -0.129. The van der Waals surface area contributed by atoms with Crippen LogP contribution in [0, 0.1) is 11.3 Å². The van der Waals surface area contributed by atoms with Crippen molar-refractivity contribution in [2.75, 3.05) is 24.2 Å². The monoisotopic (exact) mass is 303 g/mol. The summed E-state index contributed by atoms with van der Waals surface area (Å²) >= 11 is 2.00. The fraction of sp³-hybridized carbons (Fsp3) is 0.500. The van der Waals surface area contributed by atoms with Crippen molar-refractivity contribution in [3.63, 3.8) is 0 Å². The molecular weight excluding hydrogens is 282 g/mol. The maximum absolute atomic E-state index is 12.3. The molecule has 1 aliphatic heterocycles. The number of hydrogen-bond acceptors (Lipinski definition) is 4. The van der Waals surface area contributed by atoms with Gasteiger partial charge in [-0.2, -0.15) is 17.0 Å². The van der Waals surface area contributed by atoms with Gasteiger partial charge in [0.15, 0.2) is 0 Å². The fourth-order valence-corrected chi connectivity index (χ4v) is 3.59. The summed E-state index contributed by atoms with van der Waals surface area (Å²) in [5, 5.41) is 12.3. The highest BCUT2D eigenvalue weighted by Crippen LogP contribution is 2.23. The predicted octanol–water partition coefficient (Wildman–Crippen LogP) is 2.71. The Balaban J connectivity index is 1.94. The van der Waals surface area contributed by atoms with Gasteiger partial charge in [0.2, 0.25) is 5.91 Å². The number of nitrogens with zero attached hydrogens (tertiary/aromatic N) is 2. The van der Waals surface area contributed by atoms with Gasteiger partial charge in [0, 0.05) is 29.8 Å². The normalized spacial score (nSPS) is 20.5. The van der Waals surface area contributed by atoms with Crippen LogP contribution < -0.4 is 5.32 Å². The third-order valence-electron chi connectivity index (χ3n) is 3.83. The molecule has 1 saturated heterocycles. The first kappa shape index (κ1) is 15.9. The molecule has 5 heteroatoms. The molecule has 1 N–H and O–H groups in total. The lowest BCUT2D eigenvalue weighted by atomic mass is 10.2. The van der Waals surface area contributed by atoms with Crippen molar-refractivity contribution in [3.8, 4) is 6.07 Å². The molecule has 2 unspecified atom stereocenters. The number of hydrogen-bond donors (Lipinski definition) is 1. The van der Waals surface area contributed by atoms with E-state index >= 15 is 0 Å². The number of nitriles is 1. The van der Waals surface area contributed by atoms with E-state index in [1.54, 1.807) is 24.3 Å². The molecule has 0 spiro atoms. The molecule has 1 aromatic rings. The summed E-state index contributed by atoms with van der Waals surface area (Å²) in [5.74, 6) is 1.11. The zero-order chi connectivity index (χ0) is 15.2. The maximum atomic E-state index is 12.3. The molecule has 0 aromatic heterocycles. The van der Waals surface area contributed by atoms with Crippen LogP contribution in [0.1, 0.15) is 25.8 Å². The molecule has 112 valence electrons. The Morgan fingerprint density at radius 3 is 2.86 bits per heavy atom. The van der Waals surface area contributed by atoms with Crippen LogP contribution in [0.15, 0.2) is 24.3 Å². The summed E-state index contributed by atoms with van der Waals surface area (Å²) in [6, 6.07) is 8.90. The molecule has 0 aliphatic carbocycles. The lowest BCUT2D eigenvalue weighted by Crippen LogP contribution is -2.48. The second-order valence-electron chi connectivity index (χ2n) is 5.25. The van der Waals surface area contributed by atoms with Crippen molar-refractivity contribution < 1.29 is 4.79 Å². The molecule has 0 radical (unpaired) electrons. The Kier molecular flexibility index (Phi) is 5.66. The summed E-state index contributed by atoms with van der Waals surface area (Å²) < 4.78 is 0. The summed E-state index contributed by atoms with van der Waals surface area (Å²) in [6.07, 6.45) is 1.14. The van der Waals surface area contributed by atoms with Gasteiger partial charge in [-0.1, -0.05) is 6.92 Å². The summed E-state index contributed by atoms with van der Waals surface area (Å²) in [7, 11) is 0. The van der Waals surface area contributed by atoms with Gasteiger partial charge in [0.1, 0.15) is 0 Å². The van der Waals surface area contributed by atoms with Crippen LogP contribution in [-0.2, 0) is 4.79 Å². The topological polar surface area (TPSA) is 56.1 Å². The Labute approximate surface area is 130 Å². The first-order valence-electron chi connectivity index (χ1n) is 7.30. The maximum Gasteiger partial charge on any atom is 0.241 e. The zero-order valence-corrected chi connectivity index (χ0v) is 13.3. The Hall–Kier alpha value is -1.51. The first-order chi connectivity index (χ1) is 10.1. The van der Waals surface area contributed by atoms with Crippen LogP contribution in [0.5, 0.6) is 0 Å². The van der Waals surface area contributed by atoms with Crippen molar-refractivity contribution in [2.45, 2.75) is 31.6 Å². The molecule has 1 heterocycles. The van der Waals surface area contributed by atoms with Gasteiger partial charge in [-0.15, -0.1) is 0 Å². The minimum absolute atomic E-state index is 0.0152. The predicted molar refractivity (Wildman–Crippen MR) is 87.4 cm³/mol. The van der Waals surface area contributed by atoms with Gasteiger partial charge >= 0.3 is 0 Å². The van der Waals surface area contributed by atoms with Gasteiger partial charge in [-0.05, 0) is 37.6 Å². The lowest BCUT2D eigenvalue weighted by molar-refractivity contribution is -0.120. The summed E-state index contributed by atoms with van der Waals surface area (Å²) in [5.41, 5.74) is 1.34.